The molecule has 0 unspecified atom stereocenters. The first kappa shape index (κ1) is 23.8. The number of hydrogen-bond acceptors (Lipinski definition) is 6. The molecule has 1 saturated carbocycles. The van der Waals surface area contributed by atoms with Crippen molar-refractivity contribution in [2.75, 3.05) is 31.5 Å². The minimum Gasteiger partial charge on any atom is -0.339 e. The summed E-state index contributed by atoms with van der Waals surface area (Å²) < 4.78 is 1.28. The number of piperidine rings is 1. The van der Waals surface area contributed by atoms with E-state index in [-0.39, 0.29) is 5.91 Å². The molecule has 1 aliphatic carbocycles. The van der Waals surface area contributed by atoms with Crippen LogP contribution in [0.4, 0.5) is 11.6 Å². The molecule has 0 radical (unpaired) electrons. The van der Waals surface area contributed by atoms with Crippen molar-refractivity contribution in [2.45, 2.75) is 50.5 Å². The van der Waals surface area contributed by atoms with Crippen molar-refractivity contribution in [3.8, 4) is 10.6 Å². The summed E-state index contributed by atoms with van der Waals surface area (Å²) in [6.07, 6.45) is 9.22. The Labute approximate surface area is 227 Å². The Hall–Kier alpha value is -3.29. The highest BCUT2D eigenvalue weighted by Gasteiger charge is 2.30. The quantitative estimate of drug-likeness (QED) is 0.305. The number of nitrogens with one attached hydrogen (secondary N) is 1. The molecular formula is C31H33N5OS. The smallest absolute Gasteiger partial charge is 0.253 e. The maximum atomic E-state index is 13.1. The van der Waals surface area contributed by atoms with Gasteiger partial charge in [0.2, 0.25) is 5.95 Å². The Balaban J connectivity index is 1.05. The first-order valence-electron chi connectivity index (χ1n) is 14.0. The van der Waals surface area contributed by atoms with Crippen LogP contribution in [0.3, 0.4) is 0 Å². The fraction of sp³-hybridized carbons (Fsp3) is 0.387. The number of carbonyl (C=O) groups is 1. The van der Waals surface area contributed by atoms with Crippen molar-refractivity contribution in [3.63, 3.8) is 0 Å². The lowest BCUT2D eigenvalue weighted by Crippen LogP contribution is -2.45. The zero-order chi connectivity index (χ0) is 25.5. The number of hydrogen-bond donors (Lipinski definition) is 1. The molecule has 7 heteroatoms. The van der Waals surface area contributed by atoms with Crippen molar-refractivity contribution in [1.82, 2.24) is 19.8 Å². The standard InChI is InChI=1S/C31H33N5OS/c37-30(36-17-13-25(14-18-36)35-15-3-4-16-35)22-9-11-24(12-10-22)33-31-32-20-26(21-7-8-21)29(34-31)28-19-23-5-1-2-6-27(23)38-28/h1-2,5-6,9-12,19-21,25H,3-4,7-8,13-18H2,(H,32,33,34). The van der Waals surface area contributed by atoms with Crippen LogP contribution in [-0.2, 0) is 0 Å². The van der Waals surface area contributed by atoms with Gasteiger partial charge in [-0.15, -0.1) is 11.3 Å². The first-order valence-corrected chi connectivity index (χ1v) is 14.8. The number of amides is 1. The monoisotopic (exact) mass is 523 g/mol. The molecule has 194 valence electrons. The van der Waals surface area contributed by atoms with E-state index in [0.717, 1.165) is 42.9 Å². The largest absolute Gasteiger partial charge is 0.339 e. The lowest BCUT2D eigenvalue weighted by Gasteiger charge is -2.36. The van der Waals surface area contributed by atoms with Crippen LogP contribution >= 0.6 is 11.3 Å². The molecule has 7 rings (SSSR count). The SMILES string of the molecule is O=C(c1ccc(Nc2ncc(C3CC3)c(-c3cc4ccccc4s3)n2)cc1)N1CCC(N2CCCC2)CC1. The van der Waals surface area contributed by atoms with Gasteiger partial charge in [0.15, 0.2) is 0 Å². The zero-order valence-corrected chi connectivity index (χ0v) is 22.4. The van der Waals surface area contributed by atoms with Gasteiger partial charge in [0.25, 0.3) is 5.91 Å². The predicted octanol–water partition coefficient (Wildman–Crippen LogP) is 6.68. The van der Waals surface area contributed by atoms with Crippen LogP contribution in [-0.4, -0.2) is 57.9 Å². The lowest BCUT2D eigenvalue weighted by atomic mass is 10.0. The second kappa shape index (κ2) is 10.1. The van der Waals surface area contributed by atoms with E-state index < -0.39 is 0 Å². The summed E-state index contributed by atoms with van der Waals surface area (Å²) in [6.45, 7) is 4.15. The number of aromatic nitrogens is 2. The van der Waals surface area contributed by atoms with E-state index in [2.05, 4.69) is 45.5 Å². The van der Waals surface area contributed by atoms with Gasteiger partial charge in [0.1, 0.15) is 0 Å². The van der Waals surface area contributed by atoms with Crippen LogP contribution < -0.4 is 5.32 Å². The molecule has 2 aromatic heterocycles. The van der Waals surface area contributed by atoms with E-state index >= 15 is 0 Å². The molecule has 4 heterocycles. The number of fused-ring (bicyclic) bond motifs is 1. The molecule has 1 amide bonds. The molecule has 0 bridgehead atoms. The van der Waals surface area contributed by atoms with Gasteiger partial charge in [-0.3, -0.25) is 4.79 Å². The minimum absolute atomic E-state index is 0.133. The molecule has 3 fully saturated rings. The van der Waals surface area contributed by atoms with Gasteiger partial charge in [-0.25, -0.2) is 9.97 Å². The normalized spacial score (nSPS) is 18.8. The Kier molecular flexibility index (Phi) is 6.34. The topological polar surface area (TPSA) is 61.4 Å². The van der Waals surface area contributed by atoms with Crippen LogP contribution in [0.15, 0.2) is 60.8 Å². The van der Waals surface area contributed by atoms with E-state index in [9.17, 15) is 4.79 Å². The Morgan fingerprint density at radius 2 is 1.68 bits per heavy atom. The highest BCUT2D eigenvalue weighted by atomic mass is 32.1. The third-order valence-corrected chi connectivity index (χ3v) is 9.41. The van der Waals surface area contributed by atoms with Gasteiger partial charge in [-0.1, -0.05) is 18.2 Å². The van der Waals surface area contributed by atoms with E-state index in [1.165, 1.54) is 59.3 Å². The van der Waals surface area contributed by atoms with E-state index in [1.54, 1.807) is 11.3 Å². The predicted molar refractivity (Wildman–Crippen MR) is 154 cm³/mol. The number of likely N-dealkylation sites (tertiary alicyclic amines) is 2. The van der Waals surface area contributed by atoms with Crippen LogP contribution in [0, 0.1) is 0 Å². The van der Waals surface area contributed by atoms with Crippen LogP contribution in [0.2, 0.25) is 0 Å². The Morgan fingerprint density at radius 1 is 0.921 bits per heavy atom. The molecule has 6 nitrogen and oxygen atoms in total. The molecule has 1 N–H and O–H groups in total. The Morgan fingerprint density at radius 3 is 2.42 bits per heavy atom. The second-order valence-electron chi connectivity index (χ2n) is 10.9. The number of thiophene rings is 1. The molecule has 3 aliphatic rings. The summed E-state index contributed by atoms with van der Waals surface area (Å²) in [5.41, 5.74) is 3.91. The van der Waals surface area contributed by atoms with Crippen molar-refractivity contribution in [3.05, 3.63) is 71.9 Å². The van der Waals surface area contributed by atoms with Crippen LogP contribution in [0.1, 0.15) is 60.4 Å². The number of anilines is 2. The average Bonchev–Trinajstić information content (AvgIpc) is 3.47. The number of carbonyl (C=O) groups excluding carboxylic acids is 1. The van der Waals surface area contributed by atoms with Crippen LogP contribution in [0.5, 0.6) is 0 Å². The number of benzene rings is 2. The van der Waals surface area contributed by atoms with Gasteiger partial charge >= 0.3 is 0 Å². The molecular weight excluding hydrogens is 490 g/mol. The van der Waals surface area contributed by atoms with Crippen molar-refractivity contribution in [1.29, 1.82) is 0 Å². The van der Waals surface area contributed by atoms with Gasteiger partial charge in [-0.05, 0) is 99.3 Å². The molecule has 2 saturated heterocycles. The minimum atomic E-state index is 0.133. The van der Waals surface area contributed by atoms with E-state index in [0.29, 0.717) is 17.9 Å². The summed E-state index contributed by atoms with van der Waals surface area (Å²) in [6, 6.07) is 19.1. The number of nitrogens with zero attached hydrogens (tertiary/aromatic N) is 4. The van der Waals surface area contributed by atoms with E-state index in [1.807, 2.05) is 35.4 Å². The molecule has 0 spiro atoms. The van der Waals surface area contributed by atoms with Gasteiger partial charge in [0.05, 0.1) is 10.6 Å². The number of rotatable bonds is 6. The van der Waals surface area contributed by atoms with Gasteiger partial charge in [-0.2, -0.15) is 0 Å². The third-order valence-electron chi connectivity index (χ3n) is 8.29. The Bertz CT molecular complexity index is 1410. The second-order valence-corrected chi connectivity index (χ2v) is 12.0. The van der Waals surface area contributed by atoms with Crippen molar-refractivity contribution < 1.29 is 4.79 Å². The van der Waals surface area contributed by atoms with Crippen molar-refractivity contribution in [2.24, 2.45) is 0 Å². The van der Waals surface area contributed by atoms with E-state index in [4.69, 9.17) is 4.98 Å². The summed E-state index contributed by atoms with van der Waals surface area (Å²) in [7, 11) is 0. The first-order chi connectivity index (χ1) is 18.7. The molecule has 2 aliphatic heterocycles. The third kappa shape index (κ3) is 4.81. The summed E-state index contributed by atoms with van der Waals surface area (Å²) in [4.78, 5) is 28.6. The molecule has 38 heavy (non-hydrogen) atoms. The average molecular weight is 524 g/mol. The maximum absolute atomic E-state index is 13.1. The fourth-order valence-corrected chi connectivity index (χ4v) is 7.06. The highest BCUT2D eigenvalue weighted by Crippen LogP contribution is 2.45. The molecule has 2 aromatic carbocycles. The van der Waals surface area contributed by atoms with Crippen LogP contribution in [0.25, 0.3) is 20.7 Å². The molecule has 0 atom stereocenters. The summed E-state index contributed by atoms with van der Waals surface area (Å²) in [5.74, 6) is 1.29. The maximum Gasteiger partial charge on any atom is 0.253 e. The lowest BCUT2D eigenvalue weighted by molar-refractivity contribution is 0.0644. The fourth-order valence-electron chi connectivity index (χ4n) is 5.99. The molecule has 4 aromatic rings. The summed E-state index contributed by atoms with van der Waals surface area (Å²) >= 11 is 1.79. The van der Waals surface area contributed by atoms with Gasteiger partial charge in [0, 0.05) is 46.8 Å². The highest BCUT2D eigenvalue weighted by molar-refractivity contribution is 7.22. The van der Waals surface area contributed by atoms with Gasteiger partial charge < -0.3 is 15.1 Å². The summed E-state index contributed by atoms with van der Waals surface area (Å²) in [5, 5.41) is 4.62. The van der Waals surface area contributed by atoms with Crippen molar-refractivity contribution >= 4 is 39.0 Å². The zero-order valence-electron chi connectivity index (χ0n) is 21.6.